The van der Waals surface area contributed by atoms with Crippen LogP contribution in [-0.4, -0.2) is 24.3 Å². The molecule has 0 aliphatic heterocycles. The number of allylic oxidation sites excluding steroid dienone is 1. The largest absolute Gasteiger partial charge is 0.458 e. The number of carbonyl (C=O) groups excluding carboxylic acids is 1. The predicted molar refractivity (Wildman–Crippen MR) is 42.0 cm³/mol. The fourth-order valence-corrected chi connectivity index (χ4v) is 0.387. The van der Waals surface area contributed by atoms with E-state index in [4.69, 9.17) is 5.11 Å². The molecule has 0 amide bonds. The van der Waals surface area contributed by atoms with Gasteiger partial charge in [0.05, 0.1) is 12.2 Å². The van der Waals surface area contributed by atoms with E-state index in [2.05, 4.69) is 11.3 Å². The third-order valence-corrected chi connectivity index (χ3v) is 1.03. The molecule has 0 aliphatic carbocycles. The van der Waals surface area contributed by atoms with Crippen molar-refractivity contribution >= 4 is 5.97 Å². The molecule has 0 aromatic heterocycles. The fourth-order valence-electron chi connectivity index (χ4n) is 0.387. The van der Waals surface area contributed by atoms with E-state index >= 15 is 0 Å². The van der Waals surface area contributed by atoms with Crippen molar-refractivity contribution in [2.24, 2.45) is 0 Å². The predicted octanol–water partition coefficient (Wildman–Crippen LogP) is 0.654. The van der Waals surface area contributed by atoms with Crippen LogP contribution in [0.15, 0.2) is 24.3 Å². The van der Waals surface area contributed by atoms with Crippen LogP contribution in [0.5, 0.6) is 0 Å². The minimum Gasteiger partial charge on any atom is -0.458 e. The zero-order chi connectivity index (χ0) is 8.69. The van der Waals surface area contributed by atoms with E-state index in [1.54, 1.807) is 12.2 Å². The van der Waals surface area contributed by atoms with Crippen LogP contribution in [0.1, 0.15) is 6.92 Å². The second-order valence-corrected chi connectivity index (χ2v) is 1.93. The topological polar surface area (TPSA) is 46.5 Å². The highest BCUT2D eigenvalue weighted by molar-refractivity contribution is 5.87. The summed E-state index contributed by atoms with van der Waals surface area (Å²) in [6.07, 6.45) is 3.47. The van der Waals surface area contributed by atoms with Crippen LogP contribution >= 0.6 is 0 Å². The third kappa shape index (κ3) is 4.33. The normalized spacial score (nSPS) is 10.0. The van der Waals surface area contributed by atoms with Gasteiger partial charge < -0.3 is 9.84 Å². The molecule has 0 rings (SSSR count). The van der Waals surface area contributed by atoms with Crippen molar-refractivity contribution in [1.29, 1.82) is 0 Å². The van der Waals surface area contributed by atoms with Gasteiger partial charge in [-0.05, 0) is 6.92 Å². The van der Waals surface area contributed by atoms with Gasteiger partial charge in [-0.15, -0.1) is 0 Å². The summed E-state index contributed by atoms with van der Waals surface area (Å²) in [4.78, 5) is 10.7. The molecule has 0 saturated heterocycles. The molecule has 0 aromatic rings. The maximum absolute atomic E-state index is 10.7. The Hall–Kier alpha value is -1.09. The first-order chi connectivity index (χ1) is 5.22. The Labute approximate surface area is 66.0 Å². The molecule has 0 heterocycles. The van der Waals surface area contributed by atoms with Crippen LogP contribution in [0.2, 0.25) is 0 Å². The summed E-state index contributed by atoms with van der Waals surface area (Å²) >= 11 is 0. The molecule has 0 unspecified atom stereocenters. The van der Waals surface area contributed by atoms with E-state index in [1.165, 1.54) is 0 Å². The molecule has 11 heavy (non-hydrogen) atoms. The van der Waals surface area contributed by atoms with Gasteiger partial charge in [0.25, 0.3) is 0 Å². The summed E-state index contributed by atoms with van der Waals surface area (Å²) in [5.41, 5.74) is 0.0782. The monoisotopic (exact) mass is 156 g/mol. The third-order valence-electron chi connectivity index (χ3n) is 1.03. The first kappa shape index (κ1) is 9.91. The number of esters is 1. The molecule has 3 nitrogen and oxygen atoms in total. The average molecular weight is 156 g/mol. The number of hydrogen-bond acceptors (Lipinski definition) is 3. The van der Waals surface area contributed by atoms with Gasteiger partial charge in [-0.3, -0.25) is 0 Å². The van der Waals surface area contributed by atoms with Gasteiger partial charge in [0.2, 0.25) is 0 Å². The molecule has 0 spiro atoms. The van der Waals surface area contributed by atoms with Gasteiger partial charge in [0.15, 0.2) is 0 Å². The fraction of sp³-hybridized carbons (Fsp3) is 0.375. The van der Waals surface area contributed by atoms with Crippen LogP contribution in [0.25, 0.3) is 0 Å². The molecule has 0 atom stereocenters. The number of ether oxygens (including phenoxy) is 1. The summed E-state index contributed by atoms with van der Waals surface area (Å²) in [6.45, 7) is 5.01. The summed E-state index contributed by atoms with van der Waals surface area (Å²) in [6, 6.07) is 0. The highest BCUT2D eigenvalue weighted by atomic mass is 16.5. The van der Waals surface area contributed by atoms with Gasteiger partial charge in [-0.2, -0.15) is 0 Å². The molecular weight excluding hydrogens is 144 g/mol. The lowest BCUT2D eigenvalue weighted by atomic mass is 10.3. The Morgan fingerprint density at radius 1 is 1.73 bits per heavy atom. The first-order valence-corrected chi connectivity index (χ1v) is 3.29. The van der Waals surface area contributed by atoms with Crippen LogP contribution in [0.3, 0.4) is 0 Å². The SMILES string of the molecule is C=C(CO)C(=O)OCC=CC. The van der Waals surface area contributed by atoms with Crippen molar-refractivity contribution in [2.75, 3.05) is 13.2 Å². The van der Waals surface area contributed by atoms with Crippen LogP contribution < -0.4 is 0 Å². The number of rotatable bonds is 4. The zero-order valence-corrected chi connectivity index (χ0v) is 6.54. The van der Waals surface area contributed by atoms with Crippen molar-refractivity contribution in [2.45, 2.75) is 6.92 Å². The van der Waals surface area contributed by atoms with Crippen molar-refractivity contribution in [1.82, 2.24) is 0 Å². The lowest BCUT2D eigenvalue weighted by Gasteiger charge is -2.00. The highest BCUT2D eigenvalue weighted by Crippen LogP contribution is 1.92. The molecule has 0 bridgehead atoms. The number of hydrogen-bond donors (Lipinski definition) is 1. The van der Waals surface area contributed by atoms with Gasteiger partial charge >= 0.3 is 5.97 Å². The first-order valence-electron chi connectivity index (χ1n) is 3.29. The minimum atomic E-state index is -0.550. The quantitative estimate of drug-likeness (QED) is 0.369. The smallest absolute Gasteiger partial charge is 0.336 e. The molecule has 0 saturated carbocycles. The molecular formula is C8H12O3. The van der Waals surface area contributed by atoms with Gasteiger partial charge in [0.1, 0.15) is 6.61 Å². The second-order valence-electron chi connectivity index (χ2n) is 1.93. The Kier molecular flexibility index (Phi) is 5.11. The van der Waals surface area contributed by atoms with E-state index in [0.29, 0.717) is 0 Å². The van der Waals surface area contributed by atoms with Gasteiger partial charge in [-0.1, -0.05) is 18.7 Å². The molecule has 1 N–H and O–H groups in total. The summed E-state index contributed by atoms with van der Waals surface area (Å²) < 4.78 is 4.65. The highest BCUT2D eigenvalue weighted by Gasteiger charge is 2.04. The Morgan fingerprint density at radius 2 is 2.36 bits per heavy atom. The Balaban J connectivity index is 3.61. The summed E-state index contributed by atoms with van der Waals surface area (Å²) in [7, 11) is 0. The van der Waals surface area contributed by atoms with Crippen molar-refractivity contribution in [3.05, 3.63) is 24.3 Å². The number of carbonyl (C=O) groups is 1. The molecule has 0 fully saturated rings. The maximum Gasteiger partial charge on any atom is 0.336 e. The van der Waals surface area contributed by atoms with Gasteiger partial charge in [-0.25, -0.2) is 4.79 Å². The molecule has 0 radical (unpaired) electrons. The second kappa shape index (κ2) is 5.68. The van der Waals surface area contributed by atoms with E-state index in [0.717, 1.165) is 0 Å². The minimum absolute atomic E-state index is 0.0782. The lowest BCUT2D eigenvalue weighted by molar-refractivity contribution is -0.138. The van der Waals surface area contributed by atoms with Crippen LogP contribution in [0, 0.1) is 0 Å². The summed E-state index contributed by atoms with van der Waals surface area (Å²) in [5.74, 6) is -0.550. The van der Waals surface area contributed by atoms with E-state index < -0.39 is 5.97 Å². The molecule has 62 valence electrons. The molecule has 0 aromatic carbocycles. The number of aliphatic hydroxyl groups is 1. The van der Waals surface area contributed by atoms with Gasteiger partial charge in [0, 0.05) is 0 Å². The van der Waals surface area contributed by atoms with E-state index in [-0.39, 0.29) is 18.8 Å². The average Bonchev–Trinajstić information content (AvgIpc) is 2.03. The zero-order valence-electron chi connectivity index (χ0n) is 6.54. The lowest BCUT2D eigenvalue weighted by Crippen LogP contribution is -2.09. The Bertz CT molecular complexity index is 170. The standard InChI is InChI=1S/C8H12O3/c1-3-4-5-11-8(10)7(2)6-9/h3-4,9H,2,5-6H2,1H3. The molecule has 3 heteroatoms. The van der Waals surface area contributed by atoms with Crippen LogP contribution in [-0.2, 0) is 9.53 Å². The van der Waals surface area contributed by atoms with Crippen molar-refractivity contribution in [3.63, 3.8) is 0 Å². The van der Waals surface area contributed by atoms with E-state index in [1.807, 2.05) is 6.92 Å². The Morgan fingerprint density at radius 3 is 2.82 bits per heavy atom. The van der Waals surface area contributed by atoms with E-state index in [9.17, 15) is 4.79 Å². The summed E-state index contributed by atoms with van der Waals surface area (Å²) in [5, 5.41) is 8.44. The maximum atomic E-state index is 10.7. The van der Waals surface area contributed by atoms with Crippen molar-refractivity contribution in [3.8, 4) is 0 Å². The number of aliphatic hydroxyl groups excluding tert-OH is 1. The molecule has 0 aliphatic rings. The van der Waals surface area contributed by atoms with Crippen LogP contribution in [0.4, 0.5) is 0 Å². The van der Waals surface area contributed by atoms with Crippen molar-refractivity contribution < 1.29 is 14.6 Å².